The van der Waals surface area contributed by atoms with Crippen LogP contribution in [0.25, 0.3) is 0 Å². The lowest BCUT2D eigenvalue weighted by Crippen LogP contribution is -2.63. The standard InChI is InChI=1S/C18H26N2O/c1-15-7-3-4-8-16(15)13-17(21)20-12-11-19-14-18(20)9-5-2-6-10-18/h3-4,7-8,19H,2,5-6,9-14H2,1H3. The van der Waals surface area contributed by atoms with Crippen molar-refractivity contribution >= 4 is 5.91 Å². The predicted octanol–water partition coefficient (Wildman–Crippen LogP) is 2.67. The van der Waals surface area contributed by atoms with Gasteiger partial charge >= 0.3 is 0 Å². The van der Waals surface area contributed by atoms with Crippen molar-refractivity contribution in [3.8, 4) is 0 Å². The van der Waals surface area contributed by atoms with Crippen LogP contribution in [0, 0.1) is 6.92 Å². The zero-order valence-electron chi connectivity index (χ0n) is 13.0. The first kappa shape index (κ1) is 14.6. The minimum atomic E-state index is 0.0935. The fourth-order valence-electron chi connectivity index (χ4n) is 3.96. The number of benzene rings is 1. The van der Waals surface area contributed by atoms with Gasteiger partial charge < -0.3 is 10.2 Å². The minimum Gasteiger partial charge on any atom is -0.334 e. The highest BCUT2D eigenvalue weighted by Gasteiger charge is 2.41. The molecule has 1 aromatic carbocycles. The van der Waals surface area contributed by atoms with Gasteiger partial charge in [-0.15, -0.1) is 0 Å². The molecule has 0 bridgehead atoms. The second kappa shape index (κ2) is 6.18. The van der Waals surface area contributed by atoms with E-state index in [1.807, 2.05) is 12.1 Å². The number of amides is 1. The Labute approximate surface area is 127 Å². The van der Waals surface area contributed by atoms with E-state index in [1.165, 1.54) is 43.2 Å². The van der Waals surface area contributed by atoms with Crippen molar-refractivity contribution in [2.75, 3.05) is 19.6 Å². The maximum Gasteiger partial charge on any atom is 0.227 e. The number of carbonyl (C=O) groups excluding carboxylic acids is 1. The number of carbonyl (C=O) groups is 1. The number of nitrogens with one attached hydrogen (secondary N) is 1. The summed E-state index contributed by atoms with van der Waals surface area (Å²) in [6.07, 6.45) is 6.72. The number of piperazine rings is 1. The van der Waals surface area contributed by atoms with E-state index in [4.69, 9.17) is 0 Å². The average Bonchev–Trinajstić information content (AvgIpc) is 2.51. The van der Waals surface area contributed by atoms with Gasteiger partial charge in [0.2, 0.25) is 5.91 Å². The van der Waals surface area contributed by atoms with E-state index in [1.54, 1.807) is 0 Å². The number of hydrogen-bond donors (Lipinski definition) is 1. The smallest absolute Gasteiger partial charge is 0.227 e. The lowest BCUT2D eigenvalue weighted by molar-refractivity contribution is -0.140. The van der Waals surface area contributed by atoms with Crippen LogP contribution in [-0.4, -0.2) is 36.0 Å². The van der Waals surface area contributed by atoms with Crippen molar-refractivity contribution in [3.63, 3.8) is 0 Å². The van der Waals surface area contributed by atoms with Gasteiger partial charge in [-0.2, -0.15) is 0 Å². The van der Waals surface area contributed by atoms with Crippen molar-refractivity contribution in [1.82, 2.24) is 10.2 Å². The van der Waals surface area contributed by atoms with Crippen LogP contribution in [0.4, 0.5) is 0 Å². The molecule has 3 rings (SSSR count). The van der Waals surface area contributed by atoms with E-state index < -0.39 is 0 Å². The third-order valence-electron chi connectivity index (χ3n) is 5.23. The Morgan fingerprint density at radius 3 is 2.76 bits per heavy atom. The third-order valence-corrected chi connectivity index (χ3v) is 5.23. The van der Waals surface area contributed by atoms with Crippen molar-refractivity contribution in [1.29, 1.82) is 0 Å². The second-order valence-corrected chi connectivity index (χ2v) is 6.61. The van der Waals surface area contributed by atoms with Gasteiger partial charge in [-0.05, 0) is 30.9 Å². The SMILES string of the molecule is Cc1ccccc1CC(=O)N1CCNCC12CCCCC2. The quantitative estimate of drug-likeness (QED) is 0.906. The summed E-state index contributed by atoms with van der Waals surface area (Å²) in [6.45, 7) is 4.87. The Hall–Kier alpha value is -1.35. The molecule has 3 nitrogen and oxygen atoms in total. The normalized spacial score (nSPS) is 21.5. The van der Waals surface area contributed by atoms with E-state index in [0.717, 1.165) is 19.6 Å². The molecule has 1 aromatic rings. The Kier molecular flexibility index (Phi) is 4.29. The molecule has 1 N–H and O–H groups in total. The topological polar surface area (TPSA) is 32.3 Å². The third kappa shape index (κ3) is 2.98. The molecule has 1 heterocycles. The van der Waals surface area contributed by atoms with Gasteiger partial charge in [0.05, 0.1) is 12.0 Å². The molecule has 114 valence electrons. The number of hydrogen-bond acceptors (Lipinski definition) is 2. The van der Waals surface area contributed by atoms with Crippen molar-refractivity contribution in [3.05, 3.63) is 35.4 Å². The number of nitrogens with zero attached hydrogens (tertiary/aromatic N) is 1. The summed E-state index contributed by atoms with van der Waals surface area (Å²) in [4.78, 5) is 15.1. The highest BCUT2D eigenvalue weighted by molar-refractivity contribution is 5.80. The van der Waals surface area contributed by atoms with E-state index >= 15 is 0 Å². The molecule has 21 heavy (non-hydrogen) atoms. The summed E-state index contributed by atoms with van der Waals surface area (Å²) in [5, 5.41) is 3.51. The largest absolute Gasteiger partial charge is 0.334 e. The van der Waals surface area contributed by atoms with Gasteiger partial charge in [-0.3, -0.25) is 4.79 Å². The Bertz CT molecular complexity index is 497. The molecule has 1 amide bonds. The van der Waals surface area contributed by atoms with Crippen LogP contribution in [-0.2, 0) is 11.2 Å². The molecule has 2 fully saturated rings. The monoisotopic (exact) mass is 286 g/mol. The van der Waals surface area contributed by atoms with Crippen LogP contribution in [0.15, 0.2) is 24.3 Å². The highest BCUT2D eigenvalue weighted by atomic mass is 16.2. The average molecular weight is 286 g/mol. The fraction of sp³-hybridized carbons (Fsp3) is 0.611. The zero-order valence-corrected chi connectivity index (χ0v) is 13.0. The van der Waals surface area contributed by atoms with Gasteiger partial charge in [0, 0.05) is 19.6 Å². The molecule has 2 aliphatic rings. The zero-order chi connectivity index (χ0) is 14.7. The lowest BCUT2D eigenvalue weighted by Gasteiger charge is -2.50. The summed E-state index contributed by atoms with van der Waals surface area (Å²) < 4.78 is 0. The first-order valence-electron chi connectivity index (χ1n) is 8.27. The molecule has 0 atom stereocenters. The summed E-state index contributed by atoms with van der Waals surface area (Å²) in [5.41, 5.74) is 2.49. The van der Waals surface area contributed by atoms with Crippen LogP contribution < -0.4 is 5.32 Å². The minimum absolute atomic E-state index is 0.0935. The van der Waals surface area contributed by atoms with Crippen LogP contribution in [0.2, 0.25) is 0 Å². The molecule has 1 saturated heterocycles. The number of aryl methyl sites for hydroxylation is 1. The maximum atomic E-state index is 12.9. The maximum absolute atomic E-state index is 12.9. The lowest BCUT2D eigenvalue weighted by atomic mass is 9.78. The van der Waals surface area contributed by atoms with E-state index in [2.05, 4.69) is 29.3 Å². The first-order chi connectivity index (χ1) is 10.2. The molecule has 1 saturated carbocycles. The van der Waals surface area contributed by atoms with Crippen molar-refractivity contribution < 1.29 is 4.79 Å². The molecule has 0 aromatic heterocycles. The predicted molar refractivity (Wildman–Crippen MR) is 85.3 cm³/mol. The Morgan fingerprint density at radius 2 is 2.00 bits per heavy atom. The molecule has 1 spiro atoms. The second-order valence-electron chi connectivity index (χ2n) is 6.61. The van der Waals surface area contributed by atoms with Gasteiger partial charge in [0.25, 0.3) is 0 Å². The van der Waals surface area contributed by atoms with Crippen LogP contribution in [0.5, 0.6) is 0 Å². The Morgan fingerprint density at radius 1 is 1.24 bits per heavy atom. The van der Waals surface area contributed by atoms with E-state index in [-0.39, 0.29) is 5.54 Å². The van der Waals surface area contributed by atoms with Gasteiger partial charge in [-0.25, -0.2) is 0 Å². The fourth-order valence-corrected chi connectivity index (χ4v) is 3.96. The highest BCUT2D eigenvalue weighted by Crippen LogP contribution is 2.35. The molecule has 1 aliphatic heterocycles. The first-order valence-corrected chi connectivity index (χ1v) is 8.27. The van der Waals surface area contributed by atoms with E-state index in [0.29, 0.717) is 12.3 Å². The molecule has 0 radical (unpaired) electrons. The van der Waals surface area contributed by atoms with Crippen LogP contribution in [0.3, 0.4) is 0 Å². The molecule has 1 aliphatic carbocycles. The van der Waals surface area contributed by atoms with Gasteiger partial charge in [0.1, 0.15) is 0 Å². The summed E-state index contributed by atoms with van der Waals surface area (Å²) in [7, 11) is 0. The number of rotatable bonds is 2. The van der Waals surface area contributed by atoms with Gasteiger partial charge in [0.15, 0.2) is 0 Å². The van der Waals surface area contributed by atoms with Crippen LogP contribution >= 0.6 is 0 Å². The van der Waals surface area contributed by atoms with Crippen LogP contribution in [0.1, 0.15) is 43.2 Å². The summed E-state index contributed by atoms with van der Waals surface area (Å²) in [5.74, 6) is 0.313. The molecular formula is C18H26N2O. The van der Waals surface area contributed by atoms with E-state index in [9.17, 15) is 4.79 Å². The molecular weight excluding hydrogens is 260 g/mol. The summed E-state index contributed by atoms with van der Waals surface area (Å²) in [6, 6.07) is 8.25. The van der Waals surface area contributed by atoms with Crippen molar-refractivity contribution in [2.45, 2.75) is 51.0 Å². The Balaban J connectivity index is 1.77. The van der Waals surface area contributed by atoms with Crippen molar-refractivity contribution in [2.24, 2.45) is 0 Å². The molecule has 3 heteroatoms. The van der Waals surface area contributed by atoms with Gasteiger partial charge in [-0.1, -0.05) is 43.5 Å². The molecule has 0 unspecified atom stereocenters. The summed E-state index contributed by atoms with van der Waals surface area (Å²) >= 11 is 0.